The molecule has 0 spiro atoms. The minimum atomic E-state index is -4.39. The molecule has 2 aliphatic rings. The molecule has 0 atom stereocenters. The zero-order valence-corrected chi connectivity index (χ0v) is 24.4. The summed E-state index contributed by atoms with van der Waals surface area (Å²) in [4.78, 5) is 2.25. The van der Waals surface area contributed by atoms with Gasteiger partial charge < -0.3 is 8.01 Å². The number of hydrogen-bond acceptors (Lipinski definition) is 2. The minimum Gasteiger partial charge on any atom is -0.347 e. The van der Waals surface area contributed by atoms with Crippen molar-refractivity contribution in [1.29, 1.82) is 0 Å². The largest absolute Gasteiger partial charge is 0.416 e. The fourth-order valence-corrected chi connectivity index (χ4v) is 8.60. The van der Waals surface area contributed by atoms with Gasteiger partial charge in [0.25, 0.3) is 0 Å². The number of allylic oxidation sites excluding steroid dienone is 4. The van der Waals surface area contributed by atoms with Gasteiger partial charge in [0.05, 0.1) is 5.56 Å². The molecule has 0 amide bonds. The maximum absolute atomic E-state index is 14.0. The van der Waals surface area contributed by atoms with Gasteiger partial charge in [-0.25, -0.2) is 0 Å². The van der Waals surface area contributed by atoms with Gasteiger partial charge in [-0.1, -0.05) is 75.7 Å². The molecule has 0 radical (unpaired) electrons. The van der Waals surface area contributed by atoms with Crippen LogP contribution >= 0.6 is 21.0 Å². The molecule has 5 rings (SSSR count). The van der Waals surface area contributed by atoms with E-state index in [-0.39, 0.29) is 5.41 Å². The van der Waals surface area contributed by atoms with Crippen LogP contribution in [0, 0.1) is 6.92 Å². The number of alkyl halides is 3. The molecule has 2 nitrogen and oxygen atoms in total. The number of hydrogen-bond donors (Lipinski definition) is 0. The zero-order chi connectivity index (χ0) is 26.9. The first-order chi connectivity index (χ1) is 17.2. The molecule has 3 aromatic carbocycles. The van der Waals surface area contributed by atoms with E-state index in [9.17, 15) is 13.2 Å². The van der Waals surface area contributed by atoms with Gasteiger partial charge in [0.2, 0.25) is 0 Å². The van der Waals surface area contributed by atoms with Gasteiger partial charge in [-0.15, -0.1) is 0 Å². The van der Waals surface area contributed by atoms with Crippen LogP contribution in [0.5, 0.6) is 0 Å². The third-order valence-electron chi connectivity index (χ3n) is 7.76. The van der Waals surface area contributed by atoms with Crippen LogP contribution in [0.4, 0.5) is 24.5 Å². The molecule has 0 saturated heterocycles. The molecule has 0 fully saturated rings. The van der Waals surface area contributed by atoms with Crippen molar-refractivity contribution in [3.63, 3.8) is 0 Å². The Morgan fingerprint density at radius 1 is 0.865 bits per heavy atom. The number of anilines is 2. The topological polar surface area (TPSA) is 6.48 Å². The highest BCUT2D eigenvalue weighted by molar-refractivity contribution is 14.2. The average Bonchev–Trinajstić information content (AvgIpc) is 3.01. The summed E-state index contributed by atoms with van der Waals surface area (Å²) in [6.07, 6.45) is 1.85. The van der Waals surface area contributed by atoms with E-state index in [1.807, 2.05) is 36.2 Å². The van der Waals surface area contributed by atoms with Crippen molar-refractivity contribution < 1.29 is 13.2 Å². The third kappa shape index (κ3) is 4.12. The molecule has 0 bridgehead atoms. The molecule has 37 heavy (non-hydrogen) atoms. The summed E-state index contributed by atoms with van der Waals surface area (Å²) in [6, 6.07) is 15.5. The quantitative estimate of drug-likeness (QED) is 0.210. The summed E-state index contributed by atoms with van der Waals surface area (Å²) in [5.74, 6) is 0. The van der Waals surface area contributed by atoms with Crippen LogP contribution in [0.25, 0.3) is 10.8 Å². The number of likely N-dealkylation sites (N-methyl/N-ethyl adjacent to an activating group) is 1. The lowest BCUT2D eigenvalue weighted by molar-refractivity contribution is -0.138. The smallest absolute Gasteiger partial charge is 0.347 e. The van der Waals surface area contributed by atoms with E-state index in [1.54, 1.807) is 0 Å². The van der Waals surface area contributed by atoms with Crippen molar-refractivity contribution >= 4 is 46.7 Å². The van der Waals surface area contributed by atoms with E-state index in [1.165, 1.54) is 45.4 Å². The first-order valence-electron chi connectivity index (χ1n) is 12.4. The molecule has 6 heteroatoms. The lowest BCUT2D eigenvalue weighted by Crippen LogP contribution is -2.35. The van der Waals surface area contributed by atoms with E-state index in [0.29, 0.717) is 11.3 Å². The minimum absolute atomic E-state index is 0.212. The Hall–Kier alpha value is -2.61. The van der Waals surface area contributed by atoms with Gasteiger partial charge in [0, 0.05) is 66.5 Å². The maximum Gasteiger partial charge on any atom is 0.416 e. The van der Waals surface area contributed by atoms with Gasteiger partial charge in [0.15, 0.2) is 0 Å². The number of rotatable bonds is 2. The van der Waals surface area contributed by atoms with E-state index >= 15 is 0 Å². The zero-order valence-electron chi connectivity index (χ0n) is 22.3. The first kappa shape index (κ1) is 26.0. The summed E-state index contributed by atoms with van der Waals surface area (Å²) in [5, 5.41) is 2.50. The number of nitrogens with zero attached hydrogens (tertiary/aromatic N) is 2. The van der Waals surface area contributed by atoms with Gasteiger partial charge in [0.1, 0.15) is 0 Å². The van der Waals surface area contributed by atoms with Crippen LogP contribution in [0.2, 0.25) is 0 Å². The molecular formula is C31H32F3IN2. The van der Waals surface area contributed by atoms with Crippen molar-refractivity contribution in [2.75, 3.05) is 22.1 Å². The van der Waals surface area contributed by atoms with E-state index in [2.05, 4.69) is 75.2 Å². The molecule has 0 aliphatic carbocycles. The Morgan fingerprint density at radius 2 is 1.57 bits per heavy atom. The van der Waals surface area contributed by atoms with Crippen LogP contribution in [0.15, 0.2) is 72.5 Å². The summed E-state index contributed by atoms with van der Waals surface area (Å²) in [5.41, 5.74) is 4.53. The summed E-state index contributed by atoms with van der Waals surface area (Å²) in [7, 11) is 4.00. The normalized spacial score (nSPS) is 19.7. The molecular weight excluding hydrogens is 584 g/mol. The monoisotopic (exact) mass is 616 g/mol. The SMILES string of the molecule is Cc1ccc2ccc3c(c2c1)C(C)(C)/C(=C\C=C\C1=IN(C)c2cccc(C(F)(F)F)c2C1(C)C)N3C. The predicted molar refractivity (Wildman–Crippen MR) is 159 cm³/mol. The van der Waals surface area contributed by atoms with Crippen molar-refractivity contribution in [2.24, 2.45) is 0 Å². The molecule has 0 saturated carbocycles. The summed E-state index contributed by atoms with van der Waals surface area (Å²) >= 11 is -0.625. The number of fused-ring (bicyclic) bond motifs is 4. The average molecular weight is 617 g/mol. The second-order valence-electron chi connectivity index (χ2n) is 11.0. The highest BCUT2D eigenvalue weighted by Gasteiger charge is 2.43. The molecule has 0 unspecified atom stereocenters. The second-order valence-corrected chi connectivity index (χ2v) is 14.1. The lowest BCUT2D eigenvalue weighted by atomic mass is 9.77. The second kappa shape index (κ2) is 8.72. The van der Waals surface area contributed by atoms with Gasteiger partial charge in [-0.3, -0.25) is 0 Å². The molecule has 2 aliphatic heterocycles. The molecule has 194 valence electrons. The number of aryl methyl sites for hydroxylation is 1. The van der Waals surface area contributed by atoms with Crippen LogP contribution in [0.1, 0.15) is 49.9 Å². The van der Waals surface area contributed by atoms with Crippen molar-refractivity contribution in [2.45, 2.75) is 51.6 Å². The standard InChI is InChI=1S/C31H32F3IN2/c1-19-14-15-20-16-17-23-27(21(20)18-19)30(4,5)26(36(23)6)13-9-12-25-29(2,3)28-22(31(32,33)34)10-8-11-24(28)37(7)35-25/h8-18H,1-7H3/b12-9+,26-13+. The summed E-state index contributed by atoms with van der Waals surface area (Å²) < 4.78 is 45.0. The highest BCUT2D eigenvalue weighted by Crippen LogP contribution is 2.51. The fourth-order valence-electron chi connectivity index (χ4n) is 5.91. The molecule has 0 aromatic heterocycles. The highest BCUT2D eigenvalue weighted by atomic mass is 127. The molecule has 0 N–H and O–H groups in total. The predicted octanol–water partition coefficient (Wildman–Crippen LogP) is 8.82. The van der Waals surface area contributed by atoms with E-state index in [0.717, 1.165) is 3.51 Å². The molecule has 3 aromatic rings. The van der Waals surface area contributed by atoms with Crippen molar-refractivity contribution in [1.82, 2.24) is 0 Å². The Bertz CT molecular complexity index is 1510. The first-order valence-corrected chi connectivity index (χ1v) is 14.4. The molecule has 2 heterocycles. The van der Waals surface area contributed by atoms with Crippen LogP contribution in [0.3, 0.4) is 0 Å². The third-order valence-corrected chi connectivity index (χ3v) is 11.2. The number of halogens is 4. The van der Waals surface area contributed by atoms with Crippen LogP contribution < -0.4 is 8.01 Å². The lowest BCUT2D eigenvalue weighted by Gasteiger charge is -2.38. The Balaban J connectivity index is 1.55. The van der Waals surface area contributed by atoms with Gasteiger partial charge in [-0.05, 0) is 53.1 Å². The van der Waals surface area contributed by atoms with Crippen molar-refractivity contribution in [3.8, 4) is 0 Å². The Labute approximate surface area is 227 Å². The Kier molecular flexibility index (Phi) is 6.13. The van der Waals surface area contributed by atoms with E-state index < -0.39 is 38.2 Å². The van der Waals surface area contributed by atoms with Crippen LogP contribution in [-0.4, -0.2) is 17.6 Å². The van der Waals surface area contributed by atoms with Gasteiger partial charge >= 0.3 is 6.18 Å². The fraction of sp³-hybridized carbons (Fsp3) is 0.323. The Morgan fingerprint density at radius 3 is 2.27 bits per heavy atom. The van der Waals surface area contributed by atoms with Gasteiger partial charge in [-0.2, -0.15) is 13.2 Å². The van der Waals surface area contributed by atoms with Crippen molar-refractivity contribution in [3.05, 3.63) is 94.7 Å². The maximum atomic E-state index is 14.0. The number of benzene rings is 3. The van der Waals surface area contributed by atoms with Crippen LogP contribution in [-0.2, 0) is 17.0 Å². The summed E-state index contributed by atoms with van der Waals surface area (Å²) in [6.45, 7) is 10.5. The van der Waals surface area contributed by atoms with E-state index in [4.69, 9.17) is 0 Å².